The minimum atomic E-state index is -3.86. The Labute approximate surface area is 177 Å². The Balaban J connectivity index is 1.45. The third-order valence-electron chi connectivity index (χ3n) is 10.5. The van der Waals surface area contributed by atoms with Crippen LogP contribution < -0.4 is 0 Å². The maximum Gasteiger partial charge on any atom is 0.325 e. The average Bonchev–Trinajstić information content (AvgIpc) is 2.98. The lowest BCUT2D eigenvalue weighted by Crippen LogP contribution is -2.54. The van der Waals surface area contributed by atoms with E-state index in [1.54, 1.807) is 0 Å². The standard InChI is InChI=1S/C24H43O4P/c1-16(5-4-14-29(26,27)28)20-8-9-21-19-7-6-17-15-18(25)10-12-23(17,2)22(19)11-13-24(20,21)3/h16-22,25H,4-15H2,1-3H3,(H2,26,27,28)/t16-,17-,18-,19+,20-,21+,22+,23+,24-/m1/s1. The molecule has 0 amide bonds. The van der Waals surface area contributed by atoms with Crippen molar-refractivity contribution in [1.29, 1.82) is 0 Å². The molecule has 4 rings (SSSR count). The van der Waals surface area contributed by atoms with Gasteiger partial charge in [0.05, 0.1) is 6.10 Å². The van der Waals surface area contributed by atoms with Crippen LogP contribution in [0.4, 0.5) is 0 Å². The fraction of sp³-hybridized carbons (Fsp3) is 1.00. The van der Waals surface area contributed by atoms with E-state index in [4.69, 9.17) is 0 Å². The van der Waals surface area contributed by atoms with Crippen LogP contribution in [0.5, 0.6) is 0 Å². The second kappa shape index (κ2) is 7.91. The second-order valence-electron chi connectivity index (χ2n) is 11.8. The molecule has 0 saturated heterocycles. The first-order valence-electron chi connectivity index (χ1n) is 12.3. The molecule has 0 heterocycles. The molecule has 0 aromatic carbocycles. The zero-order valence-electron chi connectivity index (χ0n) is 18.7. The molecule has 0 bridgehead atoms. The molecule has 0 radical (unpaired) electrons. The summed E-state index contributed by atoms with van der Waals surface area (Å²) in [6.07, 6.45) is 12.8. The van der Waals surface area contributed by atoms with Crippen molar-refractivity contribution in [2.24, 2.45) is 46.3 Å². The zero-order valence-corrected chi connectivity index (χ0v) is 19.6. The number of hydrogen-bond donors (Lipinski definition) is 3. The van der Waals surface area contributed by atoms with E-state index in [0.29, 0.717) is 29.1 Å². The summed E-state index contributed by atoms with van der Waals surface area (Å²) >= 11 is 0. The summed E-state index contributed by atoms with van der Waals surface area (Å²) < 4.78 is 11.2. The monoisotopic (exact) mass is 426 g/mol. The lowest BCUT2D eigenvalue weighted by atomic mass is 9.44. The summed E-state index contributed by atoms with van der Waals surface area (Å²) in [7, 11) is -3.86. The first-order valence-corrected chi connectivity index (χ1v) is 14.1. The molecule has 29 heavy (non-hydrogen) atoms. The summed E-state index contributed by atoms with van der Waals surface area (Å²) in [6, 6.07) is 0. The predicted molar refractivity (Wildman–Crippen MR) is 117 cm³/mol. The van der Waals surface area contributed by atoms with Gasteiger partial charge in [-0.2, -0.15) is 0 Å². The first-order chi connectivity index (χ1) is 13.5. The third kappa shape index (κ3) is 4.01. The molecule has 3 N–H and O–H groups in total. The summed E-state index contributed by atoms with van der Waals surface area (Å²) in [6.45, 7) is 7.45. The predicted octanol–water partition coefficient (Wildman–Crippen LogP) is 5.60. The average molecular weight is 427 g/mol. The molecule has 4 nitrogen and oxygen atoms in total. The Morgan fingerprint density at radius 2 is 1.66 bits per heavy atom. The van der Waals surface area contributed by atoms with Crippen molar-refractivity contribution in [3.63, 3.8) is 0 Å². The van der Waals surface area contributed by atoms with E-state index >= 15 is 0 Å². The highest BCUT2D eigenvalue weighted by Gasteiger charge is 2.60. The first kappa shape index (κ1) is 22.3. The van der Waals surface area contributed by atoms with E-state index in [0.717, 1.165) is 42.9 Å². The molecule has 9 atom stereocenters. The van der Waals surface area contributed by atoms with Gasteiger partial charge in [0.15, 0.2) is 0 Å². The number of aliphatic hydroxyl groups excluding tert-OH is 1. The van der Waals surface area contributed by atoms with Gasteiger partial charge in [0.1, 0.15) is 0 Å². The van der Waals surface area contributed by atoms with Crippen LogP contribution in [0.3, 0.4) is 0 Å². The van der Waals surface area contributed by atoms with E-state index in [1.165, 1.54) is 44.9 Å². The fourth-order valence-corrected chi connectivity index (χ4v) is 9.63. The Morgan fingerprint density at radius 1 is 0.966 bits per heavy atom. The highest BCUT2D eigenvalue weighted by atomic mass is 31.2. The van der Waals surface area contributed by atoms with Gasteiger partial charge in [-0.3, -0.25) is 4.57 Å². The maximum absolute atomic E-state index is 11.2. The second-order valence-corrected chi connectivity index (χ2v) is 13.6. The smallest absolute Gasteiger partial charge is 0.325 e. The highest BCUT2D eigenvalue weighted by molar-refractivity contribution is 7.51. The van der Waals surface area contributed by atoms with Gasteiger partial charge >= 0.3 is 7.60 Å². The zero-order chi connectivity index (χ0) is 21.0. The van der Waals surface area contributed by atoms with Crippen LogP contribution in [0.25, 0.3) is 0 Å². The van der Waals surface area contributed by atoms with Crippen molar-refractivity contribution in [3.8, 4) is 0 Å². The van der Waals surface area contributed by atoms with Crippen LogP contribution >= 0.6 is 7.60 Å². The molecule has 0 spiro atoms. The molecule has 4 aliphatic rings. The summed E-state index contributed by atoms with van der Waals surface area (Å²) in [4.78, 5) is 18.4. The molecular formula is C24H43O4P. The van der Waals surface area contributed by atoms with E-state index < -0.39 is 7.60 Å². The van der Waals surface area contributed by atoms with Crippen LogP contribution in [0.2, 0.25) is 0 Å². The summed E-state index contributed by atoms with van der Waals surface area (Å²) in [5.41, 5.74) is 0.858. The van der Waals surface area contributed by atoms with Crippen molar-refractivity contribution >= 4 is 7.60 Å². The van der Waals surface area contributed by atoms with Gasteiger partial charge in [-0.1, -0.05) is 20.8 Å². The molecule has 168 valence electrons. The lowest BCUT2D eigenvalue weighted by molar-refractivity contribution is -0.129. The Bertz CT molecular complexity index is 647. The van der Waals surface area contributed by atoms with Crippen LogP contribution in [0.15, 0.2) is 0 Å². The van der Waals surface area contributed by atoms with E-state index in [2.05, 4.69) is 20.8 Å². The Hall–Kier alpha value is 0.110. The molecule has 0 aromatic heterocycles. The molecule has 4 fully saturated rings. The van der Waals surface area contributed by atoms with Gasteiger partial charge in [0, 0.05) is 6.16 Å². The third-order valence-corrected chi connectivity index (χ3v) is 11.4. The molecule has 4 aliphatic carbocycles. The quantitative estimate of drug-likeness (QED) is 0.500. The van der Waals surface area contributed by atoms with Gasteiger partial charge in [0.25, 0.3) is 0 Å². The minimum absolute atomic E-state index is 0.0422. The fourth-order valence-electron chi connectivity index (χ4n) is 9.03. The summed E-state index contributed by atoms with van der Waals surface area (Å²) in [5.74, 6) is 4.53. The van der Waals surface area contributed by atoms with E-state index in [1.807, 2.05) is 0 Å². The highest BCUT2D eigenvalue weighted by Crippen LogP contribution is 2.68. The largest absolute Gasteiger partial charge is 0.393 e. The summed E-state index contributed by atoms with van der Waals surface area (Å²) in [5, 5.41) is 10.2. The number of rotatable bonds is 5. The van der Waals surface area contributed by atoms with Gasteiger partial charge in [-0.05, 0) is 117 Å². The molecular weight excluding hydrogens is 383 g/mol. The van der Waals surface area contributed by atoms with Gasteiger partial charge < -0.3 is 14.9 Å². The van der Waals surface area contributed by atoms with Crippen LogP contribution in [-0.4, -0.2) is 27.2 Å². The molecule has 5 heteroatoms. The Kier molecular flexibility index (Phi) is 6.08. The normalized spacial score (nSPS) is 48.5. The molecule has 0 aromatic rings. The van der Waals surface area contributed by atoms with Crippen molar-refractivity contribution < 1.29 is 19.5 Å². The van der Waals surface area contributed by atoms with Crippen LogP contribution in [0.1, 0.15) is 91.4 Å². The van der Waals surface area contributed by atoms with Crippen molar-refractivity contribution in [2.75, 3.05) is 6.16 Å². The van der Waals surface area contributed by atoms with Crippen molar-refractivity contribution in [1.82, 2.24) is 0 Å². The van der Waals surface area contributed by atoms with E-state index in [9.17, 15) is 19.5 Å². The van der Waals surface area contributed by atoms with E-state index in [-0.39, 0.29) is 12.3 Å². The molecule has 0 aliphatic heterocycles. The maximum atomic E-state index is 11.2. The van der Waals surface area contributed by atoms with Crippen molar-refractivity contribution in [3.05, 3.63) is 0 Å². The van der Waals surface area contributed by atoms with Crippen LogP contribution in [0, 0.1) is 46.3 Å². The minimum Gasteiger partial charge on any atom is -0.393 e. The van der Waals surface area contributed by atoms with Gasteiger partial charge in [-0.15, -0.1) is 0 Å². The SMILES string of the molecule is C[C@H](CCCP(=O)(O)O)[C@H]1CC[C@H]2[C@@H]3CC[C@@H]4C[C@H](O)CC[C@]4(C)[C@H]3CC[C@]12C. The molecule has 0 unspecified atom stereocenters. The number of aliphatic hydroxyl groups is 1. The number of hydrogen-bond acceptors (Lipinski definition) is 2. The van der Waals surface area contributed by atoms with Gasteiger partial charge in [0.2, 0.25) is 0 Å². The van der Waals surface area contributed by atoms with Gasteiger partial charge in [-0.25, -0.2) is 0 Å². The van der Waals surface area contributed by atoms with Crippen LogP contribution in [-0.2, 0) is 4.57 Å². The Morgan fingerprint density at radius 3 is 2.38 bits per heavy atom. The lowest BCUT2D eigenvalue weighted by Gasteiger charge is -2.61. The molecule has 4 saturated carbocycles. The topological polar surface area (TPSA) is 77.8 Å². The van der Waals surface area contributed by atoms with Crippen molar-refractivity contribution in [2.45, 2.75) is 97.5 Å². The number of fused-ring (bicyclic) bond motifs is 5.